The molecule has 0 amide bonds. The third-order valence-electron chi connectivity index (χ3n) is 1.56. The van der Waals surface area contributed by atoms with E-state index in [2.05, 4.69) is 31.1 Å². The lowest BCUT2D eigenvalue weighted by Crippen LogP contribution is -1.99. The summed E-state index contributed by atoms with van der Waals surface area (Å²) in [6, 6.07) is 5.54. The second-order valence-electron chi connectivity index (χ2n) is 3.14. The van der Waals surface area contributed by atoms with Gasteiger partial charge >= 0.3 is 0 Å². The molecule has 0 N–H and O–H groups in total. The summed E-state index contributed by atoms with van der Waals surface area (Å²) in [5.41, 5.74) is 1.53. The molecule has 0 spiro atoms. The van der Waals surface area contributed by atoms with Gasteiger partial charge in [0.25, 0.3) is 0 Å². The maximum absolute atomic E-state index is 8.73. The Labute approximate surface area is 72.9 Å². The molecule has 0 aliphatic heterocycles. The van der Waals surface area contributed by atoms with Crippen molar-refractivity contribution in [2.45, 2.75) is 20.3 Å². The normalized spacial score (nSPS) is 9.83. The lowest BCUT2D eigenvalue weighted by molar-refractivity contribution is 0.634. The molecule has 1 aromatic heterocycles. The number of pyridine rings is 1. The minimum atomic E-state index is 0.528. The highest BCUT2D eigenvalue weighted by Gasteiger charge is 2.04. The van der Waals surface area contributed by atoms with Crippen molar-refractivity contribution in [2.24, 2.45) is 5.92 Å². The molecule has 12 heavy (non-hydrogen) atoms. The van der Waals surface area contributed by atoms with Crippen molar-refractivity contribution in [3.05, 3.63) is 29.6 Å². The van der Waals surface area contributed by atoms with E-state index in [1.165, 1.54) is 0 Å². The highest BCUT2D eigenvalue weighted by Crippen LogP contribution is 2.09. The van der Waals surface area contributed by atoms with E-state index in [1.54, 1.807) is 12.1 Å². The van der Waals surface area contributed by atoms with Crippen molar-refractivity contribution in [3.63, 3.8) is 0 Å². The van der Waals surface area contributed by atoms with Gasteiger partial charge in [-0.05, 0) is 24.5 Å². The molecule has 61 valence electrons. The highest BCUT2D eigenvalue weighted by atomic mass is 14.7. The molecule has 2 nitrogen and oxygen atoms in total. The molecule has 0 fully saturated rings. The molecular formula is C10H11N2. The monoisotopic (exact) mass is 159 g/mol. The molecule has 0 aromatic carbocycles. The van der Waals surface area contributed by atoms with Crippen LogP contribution < -0.4 is 0 Å². The predicted molar refractivity (Wildman–Crippen MR) is 46.3 cm³/mol. The fraction of sp³-hybridized carbons (Fsp3) is 0.400. The van der Waals surface area contributed by atoms with E-state index in [1.807, 2.05) is 0 Å². The van der Waals surface area contributed by atoms with Gasteiger partial charge in [0.15, 0.2) is 0 Å². The minimum absolute atomic E-state index is 0.528. The number of hydrogen-bond acceptors (Lipinski definition) is 2. The first-order chi connectivity index (χ1) is 5.74. The van der Waals surface area contributed by atoms with Gasteiger partial charge in [-0.3, -0.25) is 0 Å². The van der Waals surface area contributed by atoms with Gasteiger partial charge in [0, 0.05) is 0 Å². The summed E-state index contributed by atoms with van der Waals surface area (Å²) in [4.78, 5) is 4.04. The Morgan fingerprint density at radius 2 is 2.42 bits per heavy atom. The molecule has 0 saturated heterocycles. The topological polar surface area (TPSA) is 36.7 Å². The highest BCUT2D eigenvalue weighted by molar-refractivity contribution is 5.32. The van der Waals surface area contributed by atoms with Crippen molar-refractivity contribution in [2.75, 3.05) is 0 Å². The summed E-state index contributed by atoms with van der Waals surface area (Å²) < 4.78 is 0. The van der Waals surface area contributed by atoms with Crippen LogP contribution in [0.25, 0.3) is 0 Å². The molecule has 1 rings (SSSR count). The molecule has 0 saturated carbocycles. The Morgan fingerprint density at radius 1 is 1.67 bits per heavy atom. The number of nitrogens with zero attached hydrogens (tertiary/aromatic N) is 2. The van der Waals surface area contributed by atoms with Gasteiger partial charge in [0.1, 0.15) is 6.07 Å². The molecule has 0 unspecified atom stereocenters. The number of rotatable bonds is 2. The van der Waals surface area contributed by atoms with E-state index in [-0.39, 0.29) is 0 Å². The fourth-order valence-corrected chi connectivity index (χ4v) is 1.04. The van der Waals surface area contributed by atoms with E-state index < -0.39 is 0 Å². The van der Waals surface area contributed by atoms with E-state index in [4.69, 9.17) is 5.26 Å². The van der Waals surface area contributed by atoms with Crippen LogP contribution in [0.5, 0.6) is 0 Å². The van der Waals surface area contributed by atoms with Gasteiger partial charge in [-0.1, -0.05) is 13.8 Å². The molecule has 0 bridgehead atoms. The summed E-state index contributed by atoms with van der Waals surface area (Å²) >= 11 is 0. The fourth-order valence-electron chi connectivity index (χ4n) is 1.04. The van der Waals surface area contributed by atoms with E-state index in [9.17, 15) is 0 Å². The summed E-state index contributed by atoms with van der Waals surface area (Å²) in [6.07, 6.45) is 3.59. The smallest absolute Gasteiger partial charge is 0.101 e. The molecule has 1 aromatic rings. The van der Waals surface area contributed by atoms with Gasteiger partial charge in [-0.2, -0.15) is 5.26 Å². The van der Waals surface area contributed by atoms with E-state index in [0.29, 0.717) is 11.5 Å². The van der Waals surface area contributed by atoms with Crippen LogP contribution in [0.1, 0.15) is 25.1 Å². The van der Waals surface area contributed by atoms with Crippen LogP contribution in [0, 0.1) is 23.4 Å². The zero-order valence-electron chi connectivity index (χ0n) is 7.33. The maximum Gasteiger partial charge on any atom is 0.101 e. The van der Waals surface area contributed by atoms with Gasteiger partial charge in [-0.15, -0.1) is 0 Å². The van der Waals surface area contributed by atoms with Crippen molar-refractivity contribution < 1.29 is 0 Å². The average Bonchev–Trinajstić information content (AvgIpc) is 2.04. The zero-order valence-corrected chi connectivity index (χ0v) is 7.33. The largest absolute Gasteiger partial charge is 0.250 e. The van der Waals surface area contributed by atoms with Gasteiger partial charge < -0.3 is 0 Å². The van der Waals surface area contributed by atoms with Crippen molar-refractivity contribution in [1.82, 2.24) is 4.98 Å². The van der Waals surface area contributed by atoms with Crippen LogP contribution in [-0.2, 0) is 6.42 Å². The first-order valence-electron chi connectivity index (χ1n) is 4.00. The van der Waals surface area contributed by atoms with Crippen LogP contribution >= 0.6 is 0 Å². The summed E-state index contributed by atoms with van der Waals surface area (Å²) in [5.74, 6) is 0.528. The Bertz CT molecular complexity index is 297. The SMILES string of the molecule is CC(C)Cc1n[c]ccc1C#N. The minimum Gasteiger partial charge on any atom is -0.250 e. The second kappa shape index (κ2) is 3.87. The molecule has 0 aliphatic rings. The number of nitriles is 1. The Balaban J connectivity index is 2.91. The van der Waals surface area contributed by atoms with Crippen LogP contribution in [-0.4, -0.2) is 4.98 Å². The molecule has 0 atom stereocenters. The quantitative estimate of drug-likeness (QED) is 0.661. The van der Waals surface area contributed by atoms with Crippen molar-refractivity contribution in [1.29, 1.82) is 5.26 Å². The Kier molecular flexibility index (Phi) is 2.82. The van der Waals surface area contributed by atoms with E-state index in [0.717, 1.165) is 12.1 Å². The van der Waals surface area contributed by atoms with Crippen molar-refractivity contribution in [3.8, 4) is 6.07 Å². The molecule has 2 heteroatoms. The maximum atomic E-state index is 8.73. The van der Waals surface area contributed by atoms with Crippen LogP contribution in [0.3, 0.4) is 0 Å². The van der Waals surface area contributed by atoms with Gasteiger partial charge in [0.2, 0.25) is 0 Å². The first-order valence-corrected chi connectivity index (χ1v) is 4.00. The Hall–Kier alpha value is -1.36. The molecule has 1 radical (unpaired) electrons. The number of hydrogen-bond donors (Lipinski definition) is 0. The van der Waals surface area contributed by atoms with Gasteiger partial charge in [-0.25, -0.2) is 4.98 Å². The Morgan fingerprint density at radius 3 is 3.00 bits per heavy atom. The van der Waals surface area contributed by atoms with E-state index >= 15 is 0 Å². The lowest BCUT2D eigenvalue weighted by Gasteiger charge is -2.04. The molecule has 0 aliphatic carbocycles. The second-order valence-corrected chi connectivity index (χ2v) is 3.14. The summed E-state index contributed by atoms with van der Waals surface area (Å²) in [7, 11) is 0. The standard InChI is InChI=1S/C10H11N2/c1-8(2)6-10-9(7-11)4-3-5-12-10/h3-4,8H,6H2,1-2H3. The van der Waals surface area contributed by atoms with Crippen LogP contribution in [0.2, 0.25) is 0 Å². The lowest BCUT2D eigenvalue weighted by atomic mass is 10.0. The molecular weight excluding hydrogens is 148 g/mol. The first kappa shape index (κ1) is 8.73. The van der Waals surface area contributed by atoms with Crippen molar-refractivity contribution >= 4 is 0 Å². The van der Waals surface area contributed by atoms with Gasteiger partial charge in [0.05, 0.1) is 17.5 Å². The summed E-state index contributed by atoms with van der Waals surface area (Å²) in [6.45, 7) is 4.21. The van der Waals surface area contributed by atoms with Crippen LogP contribution in [0.4, 0.5) is 0 Å². The van der Waals surface area contributed by atoms with Crippen LogP contribution in [0.15, 0.2) is 12.1 Å². The predicted octanol–water partition coefficient (Wildman–Crippen LogP) is 1.95. The summed E-state index contributed by atoms with van der Waals surface area (Å²) in [5, 5.41) is 8.73. The average molecular weight is 159 g/mol. The third kappa shape index (κ3) is 2.06. The zero-order chi connectivity index (χ0) is 8.97. The number of aromatic nitrogens is 1. The molecule has 1 heterocycles. The third-order valence-corrected chi connectivity index (χ3v) is 1.56.